The van der Waals surface area contributed by atoms with Crippen LogP contribution < -0.4 is 25.4 Å². The van der Waals surface area contributed by atoms with Gasteiger partial charge in [-0.2, -0.15) is 29.4 Å². The molecular weight excluding hydrogens is 1120 g/mol. The molecule has 0 saturated carbocycles. The summed E-state index contributed by atoms with van der Waals surface area (Å²) in [7, 11) is 6.92. The molecular formula is C61H83N15O11. The molecule has 6 aromatic heterocycles. The number of hydrogen-bond donors (Lipinski definition) is 3. The number of carbonyl (C=O) groups is 5. The smallest absolute Gasteiger partial charge is 0.413 e. The van der Waals surface area contributed by atoms with Crippen molar-refractivity contribution in [1.29, 1.82) is 0 Å². The Labute approximate surface area is 506 Å². The van der Waals surface area contributed by atoms with Crippen molar-refractivity contribution in [2.75, 3.05) is 44.5 Å². The lowest BCUT2D eigenvalue weighted by Crippen LogP contribution is -2.51. The van der Waals surface area contributed by atoms with Gasteiger partial charge in [0, 0.05) is 117 Å². The van der Waals surface area contributed by atoms with E-state index in [1.165, 1.54) is 4.90 Å². The number of rotatable bonds is 13. The number of piperidine rings is 2. The molecule has 1 aromatic carbocycles. The summed E-state index contributed by atoms with van der Waals surface area (Å²) in [5.41, 5.74) is 3.81. The number of aldehydes is 1. The minimum Gasteiger partial charge on any atom is -0.497 e. The molecule has 4 atom stereocenters. The van der Waals surface area contributed by atoms with Crippen molar-refractivity contribution in [3.05, 3.63) is 84.5 Å². The molecule has 2 fully saturated rings. The second-order valence-electron chi connectivity index (χ2n) is 25.8. The standard InChI is InChI=1S/C35H48N8O6.C26H35N7O5/c1-34(2,3)48-32(44)40-30-15-28(39-31-27(19-38-43(30)31)24-17-37-41(7)20-24)23-10-12-25(42(21-23)33(45)49-35(4,5)6)18-36-16-22-11-13-26(46-8)14-29(22)47-9;1-25(2,3)37-23(35)30-21-10-20(29-22-19(12-28-33(21)22)17-11-27-31(7)13-17)16-8-9-18(15-34)32(14-16)24(36)38-26(4,5)6/h11,13-15,17,19-20,23,25,36H,10,12,16,18,21H2,1-9H3,(H,40,44);10-13,15-16,18H,8-9,14H2,1-7H3,(H,30,35)/t23-,25-;16-,18-/m00/s1. The van der Waals surface area contributed by atoms with Gasteiger partial charge in [-0.3, -0.25) is 24.9 Å². The third kappa shape index (κ3) is 16.6. The average Bonchev–Trinajstić information content (AvgIpc) is 1.73. The molecule has 87 heavy (non-hydrogen) atoms. The van der Waals surface area contributed by atoms with E-state index in [9.17, 15) is 24.0 Å². The third-order valence-electron chi connectivity index (χ3n) is 14.0. The molecule has 7 aromatic rings. The van der Waals surface area contributed by atoms with Crippen LogP contribution in [0.15, 0.2) is 67.5 Å². The van der Waals surface area contributed by atoms with Gasteiger partial charge in [0.15, 0.2) is 11.3 Å². The topological polar surface area (TPSA) is 279 Å². The maximum atomic E-state index is 13.7. The maximum absolute atomic E-state index is 13.7. The van der Waals surface area contributed by atoms with Gasteiger partial charge < -0.3 is 43.4 Å². The Bertz CT molecular complexity index is 3600. The van der Waals surface area contributed by atoms with Gasteiger partial charge in [0.25, 0.3) is 0 Å². The third-order valence-corrected chi connectivity index (χ3v) is 14.0. The highest BCUT2D eigenvalue weighted by Gasteiger charge is 2.38. The van der Waals surface area contributed by atoms with Gasteiger partial charge in [0.1, 0.15) is 51.8 Å². The maximum Gasteiger partial charge on any atom is 0.413 e. The van der Waals surface area contributed by atoms with Gasteiger partial charge >= 0.3 is 24.4 Å². The zero-order chi connectivity index (χ0) is 63.3. The Kier molecular flexibility index (Phi) is 19.2. The number of hydrogen-bond acceptors (Lipinski definition) is 18. The predicted octanol–water partition coefficient (Wildman–Crippen LogP) is 9.93. The fourth-order valence-corrected chi connectivity index (χ4v) is 10.2. The van der Waals surface area contributed by atoms with Crippen LogP contribution in [0.3, 0.4) is 0 Å². The highest BCUT2D eigenvalue weighted by Crippen LogP contribution is 2.37. The summed E-state index contributed by atoms with van der Waals surface area (Å²) in [6.07, 6.45) is 11.7. The van der Waals surface area contributed by atoms with Crippen molar-refractivity contribution in [3.63, 3.8) is 0 Å². The summed E-state index contributed by atoms with van der Waals surface area (Å²) in [6.45, 7) is 23.4. The van der Waals surface area contributed by atoms with Gasteiger partial charge in [-0.1, -0.05) is 6.07 Å². The molecule has 26 heteroatoms. The van der Waals surface area contributed by atoms with Crippen LogP contribution in [0.4, 0.5) is 30.8 Å². The monoisotopic (exact) mass is 1200 g/mol. The van der Waals surface area contributed by atoms with E-state index in [1.54, 1.807) is 131 Å². The predicted molar refractivity (Wildman–Crippen MR) is 325 cm³/mol. The molecule has 0 unspecified atom stereocenters. The summed E-state index contributed by atoms with van der Waals surface area (Å²) >= 11 is 0. The molecule has 2 saturated heterocycles. The molecule has 0 aliphatic carbocycles. The molecule has 26 nitrogen and oxygen atoms in total. The molecule has 2 aliphatic heterocycles. The zero-order valence-electron chi connectivity index (χ0n) is 52.8. The summed E-state index contributed by atoms with van der Waals surface area (Å²) in [5.74, 6) is 1.86. The number of amides is 4. The molecule has 8 heterocycles. The molecule has 4 amide bonds. The molecule has 468 valence electrons. The highest BCUT2D eigenvalue weighted by atomic mass is 16.6. The Morgan fingerprint density at radius 2 is 1.06 bits per heavy atom. The van der Waals surface area contributed by atoms with E-state index in [4.69, 9.17) is 38.4 Å². The zero-order valence-corrected chi connectivity index (χ0v) is 52.8. The Morgan fingerprint density at radius 1 is 0.586 bits per heavy atom. The SMILES string of the molecule is COc1ccc(CNC[C@@H]2CC[C@H](c3cc(NC(=O)OC(C)(C)C)n4ncc(-c5cnn(C)c5)c4n3)CN2C(=O)OC(C)(C)C)c(OC)c1.Cn1cc(-c2cnn3c(NC(=O)OC(C)(C)C)cc([C@H]4CC[C@@H](C=O)N(C(=O)OC(C)(C)C)C4)nc23)cn1. The largest absolute Gasteiger partial charge is 0.497 e. The number of likely N-dealkylation sites (tertiary alicyclic amines) is 2. The quantitative estimate of drug-likeness (QED) is 0.0715. The first kappa shape index (κ1) is 64.2. The van der Waals surface area contributed by atoms with Gasteiger partial charge in [-0.15, -0.1) is 0 Å². The van der Waals surface area contributed by atoms with Gasteiger partial charge in [0.2, 0.25) is 0 Å². The second kappa shape index (κ2) is 26.0. The van der Waals surface area contributed by atoms with Crippen LogP contribution in [0.25, 0.3) is 33.5 Å². The summed E-state index contributed by atoms with van der Waals surface area (Å²) in [5, 5.41) is 26.8. The number of fused-ring (bicyclic) bond motifs is 2. The van der Waals surface area contributed by atoms with Crippen LogP contribution >= 0.6 is 0 Å². The number of aromatic nitrogens is 10. The van der Waals surface area contributed by atoms with Crippen LogP contribution in [-0.4, -0.2) is 158 Å². The van der Waals surface area contributed by atoms with Crippen LogP contribution in [0.1, 0.15) is 138 Å². The van der Waals surface area contributed by atoms with Gasteiger partial charge in [-0.25, -0.2) is 29.1 Å². The average molecular weight is 1200 g/mol. The van der Waals surface area contributed by atoms with Crippen LogP contribution in [0.5, 0.6) is 11.5 Å². The highest BCUT2D eigenvalue weighted by molar-refractivity contribution is 5.87. The Balaban J connectivity index is 0.000000233. The Hall–Kier alpha value is -8.81. The lowest BCUT2D eigenvalue weighted by atomic mass is 9.90. The van der Waals surface area contributed by atoms with Crippen molar-refractivity contribution in [1.82, 2.24) is 63.9 Å². The van der Waals surface area contributed by atoms with E-state index in [2.05, 4.69) is 36.3 Å². The van der Waals surface area contributed by atoms with Gasteiger partial charge in [-0.05, 0) is 115 Å². The van der Waals surface area contributed by atoms with Crippen LogP contribution in [0.2, 0.25) is 0 Å². The first-order valence-electron chi connectivity index (χ1n) is 29.0. The van der Waals surface area contributed by atoms with E-state index >= 15 is 0 Å². The molecule has 3 N–H and O–H groups in total. The first-order chi connectivity index (χ1) is 40.9. The van der Waals surface area contributed by atoms with E-state index in [0.717, 1.165) is 52.0 Å². The molecule has 0 spiro atoms. The molecule has 0 bridgehead atoms. The molecule has 0 radical (unpaired) electrons. The van der Waals surface area contributed by atoms with Crippen molar-refractivity contribution in [2.45, 2.75) is 162 Å². The summed E-state index contributed by atoms with van der Waals surface area (Å²) < 4.78 is 39.9. The number of carbonyl (C=O) groups excluding carboxylic acids is 5. The second-order valence-corrected chi connectivity index (χ2v) is 25.8. The minimum atomic E-state index is -0.699. The number of anilines is 2. The fraction of sp³-hybridized carbons (Fsp3) is 0.525. The lowest BCUT2D eigenvalue weighted by Gasteiger charge is -2.40. The van der Waals surface area contributed by atoms with E-state index in [1.807, 2.05) is 71.5 Å². The van der Waals surface area contributed by atoms with Crippen molar-refractivity contribution in [3.8, 4) is 33.8 Å². The number of benzene rings is 1. The lowest BCUT2D eigenvalue weighted by molar-refractivity contribution is -0.113. The van der Waals surface area contributed by atoms with Crippen molar-refractivity contribution >= 4 is 53.6 Å². The van der Waals surface area contributed by atoms with Crippen LogP contribution in [-0.2, 0) is 44.4 Å². The number of nitrogens with zero attached hydrogens (tertiary/aromatic N) is 12. The van der Waals surface area contributed by atoms with E-state index in [0.29, 0.717) is 73.2 Å². The van der Waals surface area contributed by atoms with Gasteiger partial charge in [0.05, 0.1) is 56.4 Å². The number of aryl methyl sites for hydroxylation is 2. The van der Waals surface area contributed by atoms with Crippen LogP contribution in [0, 0.1) is 0 Å². The minimum absolute atomic E-state index is 0.126. The number of nitrogens with one attached hydrogen (secondary N) is 3. The van der Waals surface area contributed by atoms with Crippen molar-refractivity contribution < 1.29 is 52.4 Å². The van der Waals surface area contributed by atoms with E-state index < -0.39 is 46.7 Å². The number of methoxy groups -OCH3 is 2. The summed E-state index contributed by atoms with van der Waals surface area (Å²) in [4.78, 5) is 77.2. The molecule has 9 rings (SSSR count). The first-order valence-corrected chi connectivity index (χ1v) is 29.0. The van der Waals surface area contributed by atoms with Crippen molar-refractivity contribution in [2.24, 2.45) is 14.1 Å². The van der Waals surface area contributed by atoms with E-state index in [-0.39, 0.29) is 30.5 Å². The fourth-order valence-electron chi connectivity index (χ4n) is 10.2. The number of ether oxygens (including phenoxy) is 6. The normalized spacial score (nSPS) is 17.5. The summed E-state index contributed by atoms with van der Waals surface area (Å²) in [6, 6.07) is 8.55. The Morgan fingerprint density at radius 3 is 1.49 bits per heavy atom. The molecule has 2 aliphatic rings.